The maximum atomic E-state index is 11.0. The van der Waals surface area contributed by atoms with Gasteiger partial charge in [-0.2, -0.15) is 0 Å². The highest BCUT2D eigenvalue weighted by atomic mass is 35.5. The van der Waals surface area contributed by atoms with Crippen molar-refractivity contribution >= 4 is 27.1 Å². The van der Waals surface area contributed by atoms with E-state index in [1.165, 1.54) is 6.26 Å². The Hall–Kier alpha value is -0.940. The molecule has 0 heterocycles. The summed E-state index contributed by atoms with van der Waals surface area (Å²) in [6.45, 7) is 2.48. The number of ether oxygens (including phenoxy) is 1. The Labute approximate surface area is 113 Å². The summed E-state index contributed by atoms with van der Waals surface area (Å²) in [6.07, 6.45) is 1.80. The lowest BCUT2D eigenvalue weighted by atomic mass is 10.2. The van der Waals surface area contributed by atoms with Gasteiger partial charge in [-0.1, -0.05) is 11.6 Å². The van der Waals surface area contributed by atoms with Crippen molar-refractivity contribution < 1.29 is 13.2 Å². The first-order valence-corrected chi connectivity index (χ1v) is 8.03. The van der Waals surface area contributed by atoms with E-state index in [1.54, 1.807) is 13.2 Å². The van der Waals surface area contributed by atoms with Crippen LogP contribution >= 0.6 is 11.6 Å². The van der Waals surface area contributed by atoms with Crippen molar-refractivity contribution in [3.63, 3.8) is 0 Å². The highest BCUT2D eigenvalue weighted by Gasteiger charge is 2.07. The molecule has 0 amide bonds. The Kier molecular flexibility index (Phi) is 5.28. The zero-order valence-corrected chi connectivity index (χ0v) is 12.4. The van der Waals surface area contributed by atoms with Crippen LogP contribution < -0.4 is 10.1 Å². The average molecular weight is 292 g/mol. The van der Waals surface area contributed by atoms with Gasteiger partial charge in [0, 0.05) is 23.9 Å². The number of methoxy groups -OCH3 is 1. The number of nitrogens with one attached hydrogen (secondary N) is 1. The van der Waals surface area contributed by atoms with Gasteiger partial charge in [0.1, 0.15) is 15.6 Å². The van der Waals surface area contributed by atoms with E-state index in [2.05, 4.69) is 5.32 Å². The van der Waals surface area contributed by atoms with Crippen LogP contribution in [0.4, 0.5) is 5.69 Å². The maximum Gasteiger partial charge on any atom is 0.147 e. The first-order valence-electron chi connectivity index (χ1n) is 5.59. The van der Waals surface area contributed by atoms with E-state index >= 15 is 0 Å². The summed E-state index contributed by atoms with van der Waals surface area (Å²) >= 11 is 6.00. The van der Waals surface area contributed by atoms with Crippen molar-refractivity contribution in [3.05, 3.63) is 22.7 Å². The van der Waals surface area contributed by atoms with E-state index in [9.17, 15) is 8.42 Å². The van der Waals surface area contributed by atoms with E-state index < -0.39 is 9.84 Å². The van der Waals surface area contributed by atoms with Gasteiger partial charge < -0.3 is 10.1 Å². The Morgan fingerprint density at radius 3 is 2.61 bits per heavy atom. The Morgan fingerprint density at radius 2 is 2.06 bits per heavy atom. The maximum absolute atomic E-state index is 11.0. The standard InChI is InChI=1S/C12H18ClNO3S/c1-9-7-11(12(17-2)8-10(9)13)14-5-4-6-18(3,15)16/h7-8,14H,4-6H2,1-3H3. The normalized spacial score (nSPS) is 11.3. The van der Waals surface area contributed by atoms with Crippen molar-refractivity contribution in [2.75, 3.05) is 31.0 Å². The molecular formula is C12H18ClNO3S. The quantitative estimate of drug-likeness (QED) is 0.818. The van der Waals surface area contributed by atoms with Crippen LogP contribution in [0, 0.1) is 6.92 Å². The van der Waals surface area contributed by atoms with E-state index in [4.69, 9.17) is 16.3 Å². The lowest BCUT2D eigenvalue weighted by Crippen LogP contribution is -2.10. The summed E-state index contributed by atoms with van der Waals surface area (Å²) in [7, 11) is -1.33. The molecule has 1 aromatic rings. The molecule has 0 spiro atoms. The molecule has 0 fully saturated rings. The lowest BCUT2D eigenvalue weighted by Gasteiger charge is -2.12. The minimum atomic E-state index is -2.90. The van der Waals surface area contributed by atoms with Crippen LogP contribution in [-0.4, -0.2) is 34.1 Å². The molecule has 1 rings (SSSR count). The van der Waals surface area contributed by atoms with Gasteiger partial charge in [-0.25, -0.2) is 8.42 Å². The second-order valence-corrected chi connectivity index (χ2v) is 6.88. The molecule has 0 atom stereocenters. The van der Waals surface area contributed by atoms with Gasteiger partial charge in [0.2, 0.25) is 0 Å². The minimum absolute atomic E-state index is 0.175. The van der Waals surface area contributed by atoms with Gasteiger partial charge in [0.05, 0.1) is 18.6 Å². The lowest BCUT2D eigenvalue weighted by molar-refractivity contribution is 0.416. The number of halogens is 1. The molecule has 4 nitrogen and oxygen atoms in total. The zero-order valence-electron chi connectivity index (χ0n) is 10.8. The fraction of sp³-hybridized carbons (Fsp3) is 0.500. The second kappa shape index (κ2) is 6.29. The van der Waals surface area contributed by atoms with E-state index in [0.717, 1.165) is 11.3 Å². The number of rotatable bonds is 6. The van der Waals surface area contributed by atoms with Crippen LogP contribution in [0.5, 0.6) is 5.75 Å². The third-order valence-electron chi connectivity index (χ3n) is 2.49. The first kappa shape index (κ1) is 15.1. The summed E-state index contributed by atoms with van der Waals surface area (Å²) in [5.41, 5.74) is 1.77. The van der Waals surface area contributed by atoms with Crippen molar-refractivity contribution in [2.24, 2.45) is 0 Å². The molecule has 0 radical (unpaired) electrons. The van der Waals surface area contributed by atoms with Gasteiger partial charge in [0.15, 0.2) is 0 Å². The SMILES string of the molecule is COc1cc(Cl)c(C)cc1NCCCS(C)(=O)=O. The van der Waals surface area contributed by atoms with Crippen LogP contribution in [0.15, 0.2) is 12.1 Å². The molecule has 6 heteroatoms. The summed E-state index contributed by atoms with van der Waals surface area (Å²) in [5.74, 6) is 0.833. The molecule has 1 aromatic carbocycles. The molecule has 18 heavy (non-hydrogen) atoms. The fourth-order valence-electron chi connectivity index (χ4n) is 1.53. The highest BCUT2D eigenvalue weighted by molar-refractivity contribution is 7.90. The van der Waals surface area contributed by atoms with Gasteiger partial charge in [-0.15, -0.1) is 0 Å². The molecule has 102 valence electrons. The first-order chi connectivity index (χ1) is 8.33. The minimum Gasteiger partial charge on any atom is -0.495 e. The van der Waals surface area contributed by atoms with Crippen LogP contribution in [0.2, 0.25) is 5.02 Å². The van der Waals surface area contributed by atoms with Gasteiger partial charge in [-0.05, 0) is 25.0 Å². The third-order valence-corrected chi connectivity index (χ3v) is 3.93. The Morgan fingerprint density at radius 1 is 1.39 bits per heavy atom. The van der Waals surface area contributed by atoms with E-state index in [0.29, 0.717) is 23.7 Å². The Bertz CT molecular complexity index is 514. The smallest absolute Gasteiger partial charge is 0.147 e. The van der Waals surface area contributed by atoms with Crippen LogP contribution in [0.25, 0.3) is 0 Å². The zero-order chi connectivity index (χ0) is 13.8. The van der Waals surface area contributed by atoms with Crippen molar-refractivity contribution in [1.82, 2.24) is 0 Å². The summed E-state index contributed by atoms with van der Waals surface area (Å²) in [5, 5.41) is 3.80. The number of benzene rings is 1. The number of hydrogen-bond acceptors (Lipinski definition) is 4. The van der Waals surface area contributed by atoms with Crippen molar-refractivity contribution in [2.45, 2.75) is 13.3 Å². The number of hydrogen-bond donors (Lipinski definition) is 1. The molecule has 0 bridgehead atoms. The highest BCUT2D eigenvalue weighted by Crippen LogP contribution is 2.30. The molecule has 0 unspecified atom stereocenters. The molecule has 0 aliphatic carbocycles. The topological polar surface area (TPSA) is 55.4 Å². The summed E-state index contributed by atoms with van der Waals surface area (Å²) in [4.78, 5) is 0. The second-order valence-electron chi connectivity index (χ2n) is 4.21. The summed E-state index contributed by atoms with van der Waals surface area (Å²) in [6, 6.07) is 3.64. The molecular weight excluding hydrogens is 274 g/mol. The van der Waals surface area contributed by atoms with Crippen LogP contribution in [-0.2, 0) is 9.84 Å². The molecule has 0 saturated carbocycles. The number of sulfone groups is 1. The van der Waals surface area contributed by atoms with Crippen LogP contribution in [0.1, 0.15) is 12.0 Å². The Balaban J connectivity index is 2.64. The molecule has 0 aliphatic heterocycles. The van der Waals surface area contributed by atoms with Gasteiger partial charge in [-0.3, -0.25) is 0 Å². The predicted octanol–water partition coefficient (Wildman–Crippen LogP) is 2.50. The predicted molar refractivity (Wildman–Crippen MR) is 75.6 cm³/mol. The number of anilines is 1. The largest absolute Gasteiger partial charge is 0.495 e. The fourth-order valence-corrected chi connectivity index (χ4v) is 2.35. The van der Waals surface area contributed by atoms with Crippen molar-refractivity contribution in [3.8, 4) is 5.75 Å². The third kappa shape index (κ3) is 4.74. The monoisotopic (exact) mass is 291 g/mol. The van der Waals surface area contributed by atoms with E-state index in [1.807, 2.05) is 13.0 Å². The van der Waals surface area contributed by atoms with E-state index in [-0.39, 0.29) is 5.75 Å². The molecule has 0 aromatic heterocycles. The molecule has 0 saturated heterocycles. The van der Waals surface area contributed by atoms with Gasteiger partial charge >= 0.3 is 0 Å². The molecule has 1 N–H and O–H groups in total. The van der Waals surface area contributed by atoms with Crippen LogP contribution in [0.3, 0.4) is 0 Å². The number of aryl methyl sites for hydroxylation is 1. The van der Waals surface area contributed by atoms with Crippen molar-refractivity contribution in [1.29, 1.82) is 0 Å². The average Bonchev–Trinajstić information content (AvgIpc) is 2.27. The molecule has 0 aliphatic rings. The van der Waals surface area contributed by atoms with Gasteiger partial charge in [0.25, 0.3) is 0 Å². The summed E-state index contributed by atoms with van der Waals surface area (Å²) < 4.78 is 27.2.